The molecule has 108 valence electrons. The molecule has 19 heavy (non-hydrogen) atoms. The molecule has 0 aliphatic carbocycles. The van der Waals surface area contributed by atoms with Gasteiger partial charge in [0.1, 0.15) is 0 Å². The lowest BCUT2D eigenvalue weighted by Gasteiger charge is -2.29. The molecule has 0 saturated carbocycles. The van der Waals surface area contributed by atoms with Gasteiger partial charge in [0.25, 0.3) is 0 Å². The predicted octanol–water partition coefficient (Wildman–Crippen LogP) is 2.72. The number of benzene rings is 1. The van der Waals surface area contributed by atoms with Crippen molar-refractivity contribution in [3.63, 3.8) is 0 Å². The first-order valence-corrected chi connectivity index (χ1v) is 5.20. The van der Waals surface area contributed by atoms with E-state index in [2.05, 4.69) is 4.74 Å². The summed E-state index contributed by atoms with van der Waals surface area (Å²) in [5.41, 5.74) is 4.58. The van der Waals surface area contributed by atoms with E-state index in [-0.39, 0.29) is 18.0 Å². The maximum Gasteiger partial charge on any atom is 0.313 e. The Morgan fingerprint density at radius 2 is 1.68 bits per heavy atom. The summed E-state index contributed by atoms with van der Waals surface area (Å²) >= 11 is 0. The zero-order valence-corrected chi connectivity index (χ0v) is 11.5. The average molecular weight is 298 g/mol. The number of rotatable bonds is 3. The number of hydrogen-bond acceptors (Lipinski definition) is 3. The highest BCUT2D eigenvalue weighted by Crippen LogP contribution is 2.33. The number of hydrogen-bond donors (Lipinski definition) is 1. The van der Waals surface area contributed by atoms with Crippen LogP contribution >= 0.6 is 12.4 Å². The van der Waals surface area contributed by atoms with Crippen molar-refractivity contribution in [3.8, 4) is 0 Å². The van der Waals surface area contributed by atoms with Crippen LogP contribution in [0.4, 0.5) is 13.2 Å². The van der Waals surface area contributed by atoms with E-state index in [0.29, 0.717) is 0 Å². The Hall–Kier alpha value is -1.27. The van der Waals surface area contributed by atoms with Crippen LogP contribution in [0.2, 0.25) is 0 Å². The summed E-state index contributed by atoms with van der Waals surface area (Å²) in [4.78, 5) is 11.5. The molecule has 1 atom stereocenters. The molecule has 0 heterocycles. The van der Waals surface area contributed by atoms with Crippen molar-refractivity contribution < 1.29 is 22.7 Å². The van der Waals surface area contributed by atoms with Gasteiger partial charge >= 0.3 is 5.97 Å². The maximum absolute atomic E-state index is 13.1. The third-order valence-corrected chi connectivity index (χ3v) is 2.85. The fraction of sp³-hybridized carbons (Fsp3) is 0.417. The first-order valence-electron chi connectivity index (χ1n) is 5.20. The maximum atomic E-state index is 13.1. The molecule has 0 amide bonds. The highest BCUT2D eigenvalue weighted by atomic mass is 35.5. The molecular weight excluding hydrogens is 283 g/mol. The molecule has 1 aromatic carbocycles. The Bertz CT molecular complexity index is 457. The lowest BCUT2D eigenvalue weighted by atomic mass is 9.81. The summed E-state index contributed by atoms with van der Waals surface area (Å²) < 4.78 is 43.5. The van der Waals surface area contributed by atoms with Crippen LogP contribution in [0, 0.1) is 22.9 Å². The minimum atomic E-state index is -1.57. The molecule has 0 spiro atoms. The number of halogens is 4. The summed E-state index contributed by atoms with van der Waals surface area (Å²) in [7, 11) is 1.18. The molecule has 0 aliphatic heterocycles. The predicted molar refractivity (Wildman–Crippen MR) is 66.3 cm³/mol. The third kappa shape index (κ3) is 3.39. The molecular formula is C12H15ClF3NO2. The molecule has 2 N–H and O–H groups in total. The molecule has 1 rings (SSSR count). The van der Waals surface area contributed by atoms with Crippen molar-refractivity contribution in [2.24, 2.45) is 11.1 Å². The fourth-order valence-corrected chi connectivity index (χ4v) is 1.56. The Balaban J connectivity index is 0.00000324. The van der Waals surface area contributed by atoms with Crippen LogP contribution in [0.15, 0.2) is 12.1 Å². The Morgan fingerprint density at radius 3 is 2.05 bits per heavy atom. The number of carbonyl (C=O) groups excluding carboxylic acids is 1. The van der Waals surface area contributed by atoms with E-state index >= 15 is 0 Å². The molecule has 0 unspecified atom stereocenters. The summed E-state index contributed by atoms with van der Waals surface area (Å²) in [6.45, 7) is 2.95. The van der Waals surface area contributed by atoms with Crippen LogP contribution in [-0.2, 0) is 9.53 Å². The van der Waals surface area contributed by atoms with Crippen LogP contribution in [-0.4, -0.2) is 13.1 Å². The summed E-state index contributed by atoms with van der Waals surface area (Å²) in [6, 6.07) is 0.524. The minimum Gasteiger partial charge on any atom is -0.469 e. The first-order chi connectivity index (χ1) is 8.21. The largest absolute Gasteiger partial charge is 0.469 e. The van der Waals surface area contributed by atoms with Crippen molar-refractivity contribution in [1.29, 1.82) is 0 Å². The lowest BCUT2D eigenvalue weighted by molar-refractivity contribution is -0.152. The fourth-order valence-electron chi connectivity index (χ4n) is 1.56. The highest BCUT2D eigenvalue weighted by molar-refractivity contribution is 5.85. The molecule has 0 aliphatic rings. The number of nitrogens with two attached hydrogens (primary N) is 1. The van der Waals surface area contributed by atoms with Gasteiger partial charge in [-0.05, 0) is 31.5 Å². The van der Waals surface area contributed by atoms with E-state index in [4.69, 9.17) is 5.73 Å². The molecule has 0 saturated heterocycles. The van der Waals surface area contributed by atoms with E-state index in [1.807, 2.05) is 0 Å². The van der Waals surface area contributed by atoms with Crippen molar-refractivity contribution in [2.45, 2.75) is 19.9 Å². The highest BCUT2D eigenvalue weighted by Gasteiger charge is 2.37. The summed E-state index contributed by atoms with van der Waals surface area (Å²) in [5, 5.41) is 0. The number of esters is 1. The smallest absolute Gasteiger partial charge is 0.313 e. The first kappa shape index (κ1) is 17.7. The van der Waals surface area contributed by atoms with Gasteiger partial charge in [0, 0.05) is 6.04 Å². The second-order valence-corrected chi connectivity index (χ2v) is 4.49. The van der Waals surface area contributed by atoms with Crippen LogP contribution in [0.1, 0.15) is 25.5 Å². The quantitative estimate of drug-likeness (QED) is 0.689. The van der Waals surface area contributed by atoms with Crippen LogP contribution in [0.25, 0.3) is 0 Å². The van der Waals surface area contributed by atoms with Gasteiger partial charge in [0.2, 0.25) is 0 Å². The Morgan fingerprint density at radius 1 is 1.26 bits per heavy atom. The van der Waals surface area contributed by atoms with Crippen molar-refractivity contribution in [3.05, 3.63) is 35.1 Å². The van der Waals surface area contributed by atoms with Gasteiger partial charge in [0.05, 0.1) is 12.5 Å². The summed E-state index contributed by atoms with van der Waals surface area (Å²) in [6.07, 6.45) is 0. The van der Waals surface area contributed by atoms with Gasteiger partial charge in [-0.3, -0.25) is 4.79 Å². The second-order valence-electron chi connectivity index (χ2n) is 4.49. The molecule has 0 bridgehead atoms. The number of carbonyl (C=O) groups is 1. The normalized spacial score (nSPS) is 12.6. The number of ether oxygens (including phenoxy) is 1. The van der Waals surface area contributed by atoms with E-state index in [1.54, 1.807) is 0 Å². The van der Waals surface area contributed by atoms with Crippen molar-refractivity contribution >= 4 is 18.4 Å². The van der Waals surface area contributed by atoms with E-state index < -0.39 is 34.9 Å². The van der Waals surface area contributed by atoms with E-state index in [1.165, 1.54) is 21.0 Å². The topological polar surface area (TPSA) is 52.3 Å². The standard InChI is InChI=1S/C12H14F3NO2.ClH/c1-12(2,11(17)18-3)10(16)6-4-7(13)9(15)8(14)5-6;/h4-5,10H,16H2,1-3H3;1H/t10-;/m1./s1. The SMILES string of the molecule is COC(=O)C(C)(C)[C@H](N)c1cc(F)c(F)c(F)c1.Cl. The van der Waals surface area contributed by atoms with Crippen molar-refractivity contribution in [2.75, 3.05) is 7.11 Å². The zero-order valence-electron chi connectivity index (χ0n) is 10.7. The van der Waals surface area contributed by atoms with Crippen LogP contribution in [0.5, 0.6) is 0 Å². The second kappa shape index (κ2) is 6.25. The molecule has 7 heteroatoms. The summed E-state index contributed by atoms with van der Waals surface area (Å²) in [5.74, 6) is -4.89. The van der Waals surface area contributed by atoms with Gasteiger partial charge < -0.3 is 10.5 Å². The van der Waals surface area contributed by atoms with Crippen molar-refractivity contribution in [1.82, 2.24) is 0 Å². The van der Waals surface area contributed by atoms with Gasteiger partial charge in [0.15, 0.2) is 17.5 Å². The van der Waals surface area contributed by atoms with Gasteiger partial charge in [-0.25, -0.2) is 13.2 Å². The van der Waals surface area contributed by atoms with Gasteiger partial charge in [-0.1, -0.05) is 0 Å². The minimum absolute atomic E-state index is 0. The Kier molecular flexibility index (Phi) is 5.83. The molecule has 1 aromatic rings. The van der Waals surface area contributed by atoms with Crippen LogP contribution < -0.4 is 5.73 Å². The third-order valence-electron chi connectivity index (χ3n) is 2.85. The molecule has 0 fully saturated rings. The van der Waals surface area contributed by atoms with E-state index in [0.717, 1.165) is 12.1 Å². The van der Waals surface area contributed by atoms with Gasteiger partial charge in [-0.15, -0.1) is 12.4 Å². The number of methoxy groups -OCH3 is 1. The monoisotopic (exact) mass is 297 g/mol. The molecule has 0 radical (unpaired) electrons. The average Bonchev–Trinajstić information content (AvgIpc) is 2.33. The van der Waals surface area contributed by atoms with Gasteiger partial charge in [-0.2, -0.15) is 0 Å². The lowest BCUT2D eigenvalue weighted by Crippen LogP contribution is -2.37. The Labute approximate surface area is 115 Å². The molecule has 3 nitrogen and oxygen atoms in total. The molecule has 0 aromatic heterocycles. The van der Waals surface area contributed by atoms with E-state index in [9.17, 15) is 18.0 Å². The van der Waals surface area contributed by atoms with Crippen LogP contribution in [0.3, 0.4) is 0 Å². The zero-order chi connectivity index (χ0) is 14.1.